The Kier molecular flexibility index (Phi) is 11.3. The maximum atomic E-state index is 11.0. The van der Waals surface area contributed by atoms with Crippen LogP contribution in [0.2, 0.25) is 0 Å². The number of carbonyl (C=O) groups excluding carboxylic acids is 1. The monoisotopic (exact) mass is 248 g/mol. The summed E-state index contributed by atoms with van der Waals surface area (Å²) in [5, 5.41) is 2.95. The molecule has 0 aromatic carbocycles. The number of amides is 1. The SMILES string of the molecule is CCNC(COCCCOCCOC)C(N)=O. The first-order valence-electron chi connectivity index (χ1n) is 5.89. The van der Waals surface area contributed by atoms with Crippen LogP contribution in [-0.4, -0.2) is 58.6 Å². The Labute approximate surface area is 103 Å². The number of likely N-dealkylation sites (N-methyl/N-ethyl adjacent to an activating group) is 1. The number of ether oxygens (including phenoxy) is 3. The molecule has 0 heterocycles. The molecule has 0 aliphatic rings. The molecule has 0 aromatic heterocycles. The van der Waals surface area contributed by atoms with Gasteiger partial charge in [0, 0.05) is 20.3 Å². The Morgan fingerprint density at radius 3 is 2.53 bits per heavy atom. The average Bonchev–Trinajstić information content (AvgIpc) is 2.31. The van der Waals surface area contributed by atoms with Crippen molar-refractivity contribution >= 4 is 5.91 Å². The molecule has 102 valence electrons. The summed E-state index contributed by atoms with van der Waals surface area (Å²) in [6.07, 6.45) is 0.793. The molecular weight excluding hydrogens is 224 g/mol. The number of carbonyl (C=O) groups is 1. The lowest BCUT2D eigenvalue weighted by atomic mass is 10.3. The molecular formula is C11H24N2O4. The van der Waals surface area contributed by atoms with Crippen LogP contribution in [0.15, 0.2) is 0 Å². The van der Waals surface area contributed by atoms with Gasteiger partial charge in [-0.2, -0.15) is 0 Å². The molecule has 0 spiro atoms. The van der Waals surface area contributed by atoms with Crippen molar-refractivity contribution in [3.05, 3.63) is 0 Å². The van der Waals surface area contributed by atoms with Gasteiger partial charge in [0.25, 0.3) is 0 Å². The molecule has 1 atom stereocenters. The molecule has 0 saturated carbocycles. The van der Waals surface area contributed by atoms with Gasteiger partial charge in [-0.1, -0.05) is 6.92 Å². The van der Waals surface area contributed by atoms with E-state index < -0.39 is 6.04 Å². The van der Waals surface area contributed by atoms with E-state index in [0.29, 0.717) is 39.6 Å². The van der Waals surface area contributed by atoms with Crippen molar-refractivity contribution in [3.8, 4) is 0 Å². The van der Waals surface area contributed by atoms with Gasteiger partial charge in [0.15, 0.2) is 0 Å². The van der Waals surface area contributed by atoms with Crippen LogP contribution >= 0.6 is 0 Å². The van der Waals surface area contributed by atoms with Gasteiger partial charge in [-0.05, 0) is 13.0 Å². The fraction of sp³-hybridized carbons (Fsp3) is 0.909. The first kappa shape index (κ1) is 16.3. The number of methoxy groups -OCH3 is 1. The molecule has 3 N–H and O–H groups in total. The number of rotatable bonds is 12. The topological polar surface area (TPSA) is 82.8 Å². The van der Waals surface area contributed by atoms with Gasteiger partial charge in [-0.3, -0.25) is 4.79 Å². The predicted molar refractivity (Wildman–Crippen MR) is 64.8 cm³/mol. The summed E-state index contributed by atoms with van der Waals surface area (Å²) in [4.78, 5) is 11.0. The molecule has 0 fully saturated rings. The van der Waals surface area contributed by atoms with Crippen LogP contribution < -0.4 is 11.1 Å². The Morgan fingerprint density at radius 1 is 1.24 bits per heavy atom. The molecule has 1 unspecified atom stereocenters. The van der Waals surface area contributed by atoms with Crippen molar-refractivity contribution in [2.24, 2.45) is 5.73 Å². The Balaban J connectivity index is 3.33. The maximum Gasteiger partial charge on any atom is 0.236 e. The van der Waals surface area contributed by atoms with Crippen molar-refractivity contribution < 1.29 is 19.0 Å². The highest BCUT2D eigenvalue weighted by molar-refractivity contribution is 5.79. The van der Waals surface area contributed by atoms with Gasteiger partial charge in [0.05, 0.1) is 19.8 Å². The average molecular weight is 248 g/mol. The van der Waals surface area contributed by atoms with Crippen LogP contribution in [0.5, 0.6) is 0 Å². The van der Waals surface area contributed by atoms with E-state index in [-0.39, 0.29) is 5.91 Å². The number of hydrogen-bond acceptors (Lipinski definition) is 5. The summed E-state index contributed by atoms with van der Waals surface area (Å²) in [6, 6.07) is -0.408. The number of primary amides is 1. The van der Waals surface area contributed by atoms with Crippen molar-refractivity contribution in [2.45, 2.75) is 19.4 Å². The molecule has 17 heavy (non-hydrogen) atoms. The first-order chi connectivity index (χ1) is 8.22. The summed E-state index contributed by atoms with van der Waals surface area (Å²) < 4.78 is 15.4. The summed E-state index contributed by atoms with van der Waals surface area (Å²) in [5.41, 5.74) is 5.20. The van der Waals surface area contributed by atoms with E-state index in [1.807, 2.05) is 6.92 Å². The lowest BCUT2D eigenvalue weighted by molar-refractivity contribution is -0.121. The van der Waals surface area contributed by atoms with Crippen LogP contribution in [-0.2, 0) is 19.0 Å². The molecule has 0 aliphatic heterocycles. The van der Waals surface area contributed by atoms with Gasteiger partial charge in [-0.15, -0.1) is 0 Å². The van der Waals surface area contributed by atoms with Crippen LogP contribution in [0.4, 0.5) is 0 Å². The molecule has 6 heteroatoms. The van der Waals surface area contributed by atoms with Gasteiger partial charge in [-0.25, -0.2) is 0 Å². The molecule has 0 bridgehead atoms. The molecule has 1 amide bonds. The highest BCUT2D eigenvalue weighted by atomic mass is 16.5. The van der Waals surface area contributed by atoms with Crippen molar-refractivity contribution in [2.75, 3.05) is 46.7 Å². The van der Waals surface area contributed by atoms with Crippen molar-refractivity contribution in [1.82, 2.24) is 5.32 Å². The lowest BCUT2D eigenvalue weighted by Crippen LogP contribution is -2.44. The van der Waals surface area contributed by atoms with Crippen LogP contribution in [0.1, 0.15) is 13.3 Å². The highest BCUT2D eigenvalue weighted by Crippen LogP contribution is 1.89. The smallest absolute Gasteiger partial charge is 0.236 e. The Hall–Kier alpha value is -0.690. The third-order valence-electron chi connectivity index (χ3n) is 2.09. The first-order valence-corrected chi connectivity index (χ1v) is 5.89. The zero-order valence-corrected chi connectivity index (χ0v) is 10.7. The van der Waals surface area contributed by atoms with E-state index >= 15 is 0 Å². The third kappa shape index (κ3) is 10.2. The zero-order valence-electron chi connectivity index (χ0n) is 10.7. The van der Waals surface area contributed by atoms with Gasteiger partial charge >= 0.3 is 0 Å². The molecule has 0 rings (SSSR count). The van der Waals surface area contributed by atoms with Crippen molar-refractivity contribution in [1.29, 1.82) is 0 Å². The van der Waals surface area contributed by atoms with E-state index in [1.54, 1.807) is 7.11 Å². The summed E-state index contributed by atoms with van der Waals surface area (Å²) in [6.45, 7) is 5.30. The Morgan fingerprint density at radius 2 is 1.94 bits per heavy atom. The van der Waals surface area contributed by atoms with E-state index in [2.05, 4.69) is 5.32 Å². The van der Waals surface area contributed by atoms with Crippen LogP contribution in [0.3, 0.4) is 0 Å². The quantitative estimate of drug-likeness (QED) is 0.456. The maximum absolute atomic E-state index is 11.0. The van der Waals surface area contributed by atoms with E-state index in [4.69, 9.17) is 19.9 Å². The lowest BCUT2D eigenvalue weighted by Gasteiger charge is -2.14. The standard InChI is InChI=1S/C11H24N2O4/c1-3-13-10(11(12)14)9-17-6-4-5-16-8-7-15-2/h10,13H,3-9H2,1-2H3,(H2,12,14). The van der Waals surface area contributed by atoms with Gasteiger partial charge in [0.1, 0.15) is 6.04 Å². The molecule has 0 saturated heterocycles. The second-order valence-corrected chi connectivity index (χ2v) is 3.55. The second-order valence-electron chi connectivity index (χ2n) is 3.55. The zero-order chi connectivity index (χ0) is 12.9. The van der Waals surface area contributed by atoms with Gasteiger partial charge in [0.2, 0.25) is 5.91 Å². The molecule has 0 aliphatic carbocycles. The molecule has 0 aromatic rings. The largest absolute Gasteiger partial charge is 0.382 e. The van der Waals surface area contributed by atoms with E-state index in [0.717, 1.165) is 6.42 Å². The number of hydrogen-bond donors (Lipinski definition) is 2. The summed E-state index contributed by atoms with van der Waals surface area (Å²) in [5.74, 6) is -0.386. The van der Waals surface area contributed by atoms with E-state index in [1.165, 1.54) is 0 Å². The fourth-order valence-corrected chi connectivity index (χ4v) is 1.20. The fourth-order valence-electron chi connectivity index (χ4n) is 1.20. The molecule has 6 nitrogen and oxygen atoms in total. The van der Waals surface area contributed by atoms with Crippen LogP contribution in [0, 0.1) is 0 Å². The number of nitrogens with one attached hydrogen (secondary N) is 1. The third-order valence-corrected chi connectivity index (χ3v) is 2.09. The minimum atomic E-state index is -0.408. The number of nitrogens with two attached hydrogens (primary N) is 1. The highest BCUT2D eigenvalue weighted by Gasteiger charge is 2.12. The Bertz CT molecular complexity index is 190. The minimum absolute atomic E-state index is 0.307. The predicted octanol–water partition coefficient (Wildman–Crippen LogP) is -0.480. The summed E-state index contributed by atoms with van der Waals surface area (Å²) >= 11 is 0. The van der Waals surface area contributed by atoms with Gasteiger partial charge < -0.3 is 25.3 Å². The van der Waals surface area contributed by atoms with Crippen LogP contribution in [0.25, 0.3) is 0 Å². The normalized spacial score (nSPS) is 12.6. The van der Waals surface area contributed by atoms with E-state index in [9.17, 15) is 4.79 Å². The summed E-state index contributed by atoms with van der Waals surface area (Å²) in [7, 11) is 1.64. The van der Waals surface area contributed by atoms with Crippen molar-refractivity contribution in [3.63, 3.8) is 0 Å². The second kappa shape index (κ2) is 11.8. The molecule has 0 radical (unpaired) electrons. The minimum Gasteiger partial charge on any atom is -0.382 e.